The number of halogens is 1. The molecule has 41 heavy (non-hydrogen) atoms. The number of aryl methyl sites for hydroxylation is 1. The highest BCUT2D eigenvalue weighted by Crippen LogP contribution is 2.32. The zero-order chi connectivity index (χ0) is 29.1. The monoisotopic (exact) mass is 550 g/mol. The van der Waals surface area contributed by atoms with E-state index in [1.807, 2.05) is 27.1 Å². The van der Waals surface area contributed by atoms with E-state index >= 15 is 4.39 Å². The summed E-state index contributed by atoms with van der Waals surface area (Å²) in [6.45, 7) is 5.54. The highest BCUT2D eigenvalue weighted by atomic mass is 19.1. The lowest BCUT2D eigenvalue weighted by atomic mass is 10.1. The third-order valence-corrected chi connectivity index (χ3v) is 6.33. The molecule has 5 aromatic rings. The highest BCUT2D eigenvalue weighted by Gasteiger charge is 2.18. The quantitative estimate of drug-likeness (QED) is 0.237. The van der Waals surface area contributed by atoms with Crippen LogP contribution >= 0.6 is 0 Å². The van der Waals surface area contributed by atoms with Crippen molar-refractivity contribution in [3.05, 3.63) is 95.8 Å². The van der Waals surface area contributed by atoms with Crippen LogP contribution in [0.15, 0.2) is 73.2 Å². The van der Waals surface area contributed by atoms with E-state index in [9.17, 15) is 10.1 Å². The van der Waals surface area contributed by atoms with Gasteiger partial charge in [-0.15, -0.1) is 0 Å². The third-order valence-electron chi connectivity index (χ3n) is 6.33. The number of hydrogen-bond donors (Lipinski definition) is 2. The number of anilines is 2. The number of nitrogens with zero attached hydrogens (tertiary/aromatic N) is 6. The van der Waals surface area contributed by atoms with E-state index < -0.39 is 11.8 Å². The molecule has 0 fully saturated rings. The first kappa shape index (κ1) is 27.1. The van der Waals surface area contributed by atoms with Crippen LogP contribution in [0.25, 0.3) is 16.9 Å². The lowest BCUT2D eigenvalue weighted by Crippen LogP contribution is -2.22. The van der Waals surface area contributed by atoms with Gasteiger partial charge in [0.15, 0.2) is 5.82 Å². The summed E-state index contributed by atoms with van der Waals surface area (Å²) in [4.78, 5) is 17.3. The van der Waals surface area contributed by atoms with Gasteiger partial charge in [-0.25, -0.2) is 13.9 Å². The number of rotatable bonds is 7. The van der Waals surface area contributed by atoms with Crippen LogP contribution in [-0.4, -0.2) is 30.6 Å². The molecule has 10 nitrogen and oxygen atoms in total. The van der Waals surface area contributed by atoms with Crippen molar-refractivity contribution in [3.63, 3.8) is 0 Å². The lowest BCUT2D eigenvalue weighted by molar-refractivity contribution is 0.262. The predicted molar refractivity (Wildman–Crippen MR) is 153 cm³/mol. The van der Waals surface area contributed by atoms with Crippen molar-refractivity contribution in [3.8, 4) is 34.5 Å². The Balaban J connectivity index is 1.34. The molecule has 0 saturated heterocycles. The van der Waals surface area contributed by atoms with Gasteiger partial charge in [-0.05, 0) is 49.2 Å². The van der Waals surface area contributed by atoms with Crippen molar-refractivity contribution in [2.45, 2.75) is 26.7 Å². The predicted octanol–water partition coefficient (Wildman–Crippen LogP) is 6.55. The summed E-state index contributed by atoms with van der Waals surface area (Å²) in [5, 5.41) is 23.4. The molecule has 2 aromatic carbocycles. The summed E-state index contributed by atoms with van der Waals surface area (Å²) in [6, 6.07) is 16.5. The SMILES string of the molecule is Cc1c(Oc2ccnc(-c3cnn(C)c3)c2)ccc(NC(=O)Nc2cc(C(C)C)nn2-c2cccc(C#N)c2)c1F. The summed E-state index contributed by atoms with van der Waals surface area (Å²) in [5.74, 6) is 0.619. The minimum atomic E-state index is -0.653. The van der Waals surface area contributed by atoms with E-state index in [-0.39, 0.29) is 17.2 Å². The minimum Gasteiger partial charge on any atom is -0.457 e. The van der Waals surface area contributed by atoms with Crippen LogP contribution in [0.5, 0.6) is 11.5 Å². The zero-order valence-corrected chi connectivity index (χ0v) is 22.9. The number of nitriles is 1. The molecule has 206 valence electrons. The van der Waals surface area contributed by atoms with E-state index in [1.54, 1.807) is 77.2 Å². The van der Waals surface area contributed by atoms with Crippen molar-refractivity contribution in [1.29, 1.82) is 5.26 Å². The molecule has 0 aliphatic carbocycles. The smallest absolute Gasteiger partial charge is 0.324 e. The maximum Gasteiger partial charge on any atom is 0.324 e. The Bertz CT molecular complexity index is 1780. The van der Waals surface area contributed by atoms with Crippen molar-refractivity contribution in [1.82, 2.24) is 24.5 Å². The maximum atomic E-state index is 15.4. The third kappa shape index (κ3) is 5.91. The number of ether oxygens (including phenoxy) is 1. The number of amides is 2. The van der Waals surface area contributed by atoms with Gasteiger partial charge < -0.3 is 10.1 Å². The molecule has 0 aliphatic heterocycles. The van der Waals surface area contributed by atoms with Gasteiger partial charge in [-0.1, -0.05) is 19.9 Å². The zero-order valence-electron chi connectivity index (χ0n) is 22.9. The van der Waals surface area contributed by atoms with Crippen molar-refractivity contribution >= 4 is 17.5 Å². The maximum absolute atomic E-state index is 15.4. The Hall–Kier alpha value is -5.50. The van der Waals surface area contributed by atoms with Crippen LogP contribution in [0, 0.1) is 24.1 Å². The molecular weight excluding hydrogens is 523 g/mol. The molecule has 3 aromatic heterocycles. The van der Waals surface area contributed by atoms with E-state index in [0.29, 0.717) is 34.3 Å². The van der Waals surface area contributed by atoms with Crippen LogP contribution in [0.2, 0.25) is 0 Å². The van der Waals surface area contributed by atoms with E-state index in [1.165, 1.54) is 6.07 Å². The molecule has 0 atom stereocenters. The Morgan fingerprint density at radius 2 is 1.95 bits per heavy atom. The van der Waals surface area contributed by atoms with Gasteiger partial charge >= 0.3 is 6.03 Å². The fourth-order valence-electron chi connectivity index (χ4n) is 4.13. The average Bonchev–Trinajstić information content (AvgIpc) is 3.59. The van der Waals surface area contributed by atoms with E-state index in [2.05, 4.69) is 31.9 Å². The number of aromatic nitrogens is 5. The molecule has 0 saturated carbocycles. The molecule has 2 N–H and O–H groups in total. The number of urea groups is 1. The summed E-state index contributed by atoms with van der Waals surface area (Å²) in [6.07, 6.45) is 5.14. The molecule has 2 amide bonds. The Labute approximate surface area is 236 Å². The summed E-state index contributed by atoms with van der Waals surface area (Å²) in [5.41, 5.74) is 3.52. The lowest BCUT2D eigenvalue weighted by Gasteiger charge is -2.14. The topological polar surface area (TPSA) is 123 Å². The van der Waals surface area contributed by atoms with Crippen LogP contribution in [0.3, 0.4) is 0 Å². The van der Waals surface area contributed by atoms with Crippen molar-refractivity contribution in [2.24, 2.45) is 7.05 Å². The number of benzene rings is 2. The second-order valence-electron chi connectivity index (χ2n) is 9.69. The normalized spacial score (nSPS) is 10.9. The Morgan fingerprint density at radius 3 is 2.68 bits per heavy atom. The number of carbonyl (C=O) groups is 1. The van der Waals surface area contributed by atoms with Gasteiger partial charge in [0.05, 0.1) is 40.6 Å². The largest absolute Gasteiger partial charge is 0.457 e. The first-order valence-corrected chi connectivity index (χ1v) is 12.8. The number of carbonyl (C=O) groups excluding carboxylic acids is 1. The molecule has 0 aliphatic rings. The Morgan fingerprint density at radius 1 is 1.12 bits per heavy atom. The first-order valence-electron chi connectivity index (χ1n) is 12.8. The van der Waals surface area contributed by atoms with Gasteiger partial charge in [0.1, 0.15) is 17.3 Å². The van der Waals surface area contributed by atoms with Crippen molar-refractivity contribution in [2.75, 3.05) is 10.6 Å². The van der Waals surface area contributed by atoms with Crippen LogP contribution in [0.1, 0.15) is 36.6 Å². The number of hydrogen-bond acceptors (Lipinski definition) is 6. The second kappa shape index (κ2) is 11.3. The van der Waals surface area contributed by atoms with Gasteiger partial charge in [-0.3, -0.25) is 15.0 Å². The Kier molecular flexibility index (Phi) is 7.47. The fourth-order valence-corrected chi connectivity index (χ4v) is 4.13. The standard InChI is InChI=1S/C30H27FN8O2/c1-18(2)25-14-28(39(37-25)22-7-5-6-20(12-22)15-32)36-30(40)35-24-8-9-27(19(3)29(24)31)41-23-10-11-33-26(13-23)21-16-34-38(4)17-21/h5-14,16-18H,1-4H3,(H2,35,36,40). The molecule has 0 radical (unpaired) electrons. The van der Waals surface area contributed by atoms with Crippen LogP contribution in [-0.2, 0) is 7.05 Å². The van der Waals surface area contributed by atoms with Gasteiger partial charge in [-0.2, -0.15) is 15.5 Å². The molecule has 11 heteroatoms. The molecular formula is C30H27FN8O2. The highest BCUT2D eigenvalue weighted by molar-refractivity contribution is 5.99. The van der Waals surface area contributed by atoms with E-state index in [4.69, 9.17) is 4.74 Å². The van der Waals surface area contributed by atoms with Gasteiger partial charge in [0.2, 0.25) is 0 Å². The second-order valence-corrected chi connectivity index (χ2v) is 9.69. The fraction of sp³-hybridized carbons (Fsp3) is 0.167. The number of nitrogens with one attached hydrogen (secondary N) is 2. The molecule has 0 unspecified atom stereocenters. The summed E-state index contributed by atoms with van der Waals surface area (Å²) in [7, 11) is 1.82. The van der Waals surface area contributed by atoms with Crippen molar-refractivity contribution < 1.29 is 13.9 Å². The summed E-state index contributed by atoms with van der Waals surface area (Å²) >= 11 is 0. The molecule has 0 bridgehead atoms. The van der Waals surface area contributed by atoms with Gasteiger partial charge in [0.25, 0.3) is 0 Å². The molecule has 5 rings (SSSR count). The number of pyridine rings is 1. The van der Waals surface area contributed by atoms with E-state index in [0.717, 1.165) is 11.3 Å². The molecule has 3 heterocycles. The van der Waals surface area contributed by atoms with Crippen LogP contribution < -0.4 is 15.4 Å². The minimum absolute atomic E-state index is 0.0141. The van der Waals surface area contributed by atoms with Crippen LogP contribution in [0.4, 0.5) is 20.7 Å². The average molecular weight is 551 g/mol. The summed E-state index contributed by atoms with van der Waals surface area (Å²) < 4.78 is 24.5. The first-order chi connectivity index (χ1) is 19.7. The molecule has 0 spiro atoms. The van der Waals surface area contributed by atoms with Gasteiger partial charge in [0, 0.05) is 42.7 Å².